The van der Waals surface area contributed by atoms with E-state index in [1.54, 1.807) is 0 Å². The van der Waals surface area contributed by atoms with Gasteiger partial charge in [0.15, 0.2) is 0 Å². The first kappa shape index (κ1) is 12.9. The number of rotatable bonds is 7. The Morgan fingerprint density at radius 1 is 1.31 bits per heavy atom. The number of aliphatic hydroxyl groups is 1. The molecule has 2 N–H and O–H groups in total. The van der Waals surface area contributed by atoms with Gasteiger partial charge in [-0.2, -0.15) is 0 Å². The van der Waals surface area contributed by atoms with E-state index in [0.29, 0.717) is 0 Å². The van der Waals surface area contributed by atoms with Gasteiger partial charge in [-0.3, -0.25) is 0 Å². The molecule has 0 aromatic rings. The first-order valence-corrected chi connectivity index (χ1v) is 6.29. The van der Waals surface area contributed by atoms with Crippen LogP contribution in [0.25, 0.3) is 0 Å². The average molecular weight is 209 g/mol. The minimum absolute atomic E-state index is 0.114. The van der Waals surface area contributed by atoms with Gasteiger partial charge in [0.25, 0.3) is 0 Å². The van der Waals surface area contributed by atoms with Crippen LogP contribution in [0.5, 0.6) is 0 Å². The molecular formula is C8H19NO3S. The Balaban J connectivity index is 4.00. The summed E-state index contributed by atoms with van der Waals surface area (Å²) in [6.07, 6.45) is 1.74. The molecule has 0 heterocycles. The second-order valence-corrected chi connectivity index (χ2v) is 4.93. The van der Waals surface area contributed by atoms with Crippen LogP contribution in [0.3, 0.4) is 0 Å². The van der Waals surface area contributed by atoms with Crippen molar-refractivity contribution in [1.29, 1.82) is 0 Å². The zero-order chi connectivity index (χ0) is 10.3. The van der Waals surface area contributed by atoms with Gasteiger partial charge in [0.1, 0.15) is 0 Å². The summed E-state index contributed by atoms with van der Waals surface area (Å²) in [5.41, 5.74) is 0. The first-order valence-electron chi connectivity index (χ1n) is 4.63. The average Bonchev–Trinajstić information content (AvgIpc) is 2.11. The van der Waals surface area contributed by atoms with Crippen molar-refractivity contribution in [3.05, 3.63) is 0 Å². The largest absolute Gasteiger partial charge is 0.395 e. The van der Waals surface area contributed by atoms with Crippen LogP contribution in [-0.4, -0.2) is 32.4 Å². The van der Waals surface area contributed by atoms with Gasteiger partial charge in [-0.1, -0.05) is 26.7 Å². The van der Waals surface area contributed by atoms with Crippen LogP contribution >= 0.6 is 0 Å². The number of nitrogens with one attached hydrogen (secondary N) is 1. The molecular weight excluding hydrogens is 190 g/mol. The highest BCUT2D eigenvalue weighted by atomic mass is 32.2. The number of aliphatic hydroxyl groups excluding tert-OH is 1. The van der Waals surface area contributed by atoms with E-state index in [9.17, 15) is 8.42 Å². The number of hydrogen-bond donors (Lipinski definition) is 2. The van der Waals surface area contributed by atoms with Crippen LogP contribution in [0.2, 0.25) is 0 Å². The van der Waals surface area contributed by atoms with Gasteiger partial charge in [0.05, 0.1) is 12.4 Å². The molecule has 0 aromatic heterocycles. The topological polar surface area (TPSA) is 66.4 Å². The zero-order valence-corrected chi connectivity index (χ0v) is 9.10. The Morgan fingerprint density at radius 2 is 1.85 bits per heavy atom. The van der Waals surface area contributed by atoms with Crippen molar-refractivity contribution in [2.75, 3.05) is 18.9 Å². The minimum Gasteiger partial charge on any atom is -0.395 e. The van der Waals surface area contributed by atoms with Crippen LogP contribution in [0.1, 0.15) is 26.7 Å². The molecule has 0 aliphatic rings. The molecule has 80 valence electrons. The second kappa shape index (κ2) is 6.34. The van der Waals surface area contributed by atoms with E-state index >= 15 is 0 Å². The van der Waals surface area contributed by atoms with Gasteiger partial charge in [-0.25, -0.2) is 13.1 Å². The molecule has 0 bridgehead atoms. The fourth-order valence-corrected chi connectivity index (χ4v) is 2.71. The van der Waals surface area contributed by atoms with Crippen LogP contribution in [0.15, 0.2) is 0 Å². The number of sulfonamides is 1. The summed E-state index contributed by atoms with van der Waals surface area (Å²) >= 11 is 0. The van der Waals surface area contributed by atoms with Crippen molar-refractivity contribution in [1.82, 2.24) is 4.72 Å². The van der Waals surface area contributed by atoms with Gasteiger partial charge >= 0.3 is 0 Å². The van der Waals surface area contributed by atoms with E-state index in [0.717, 1.165) is 12.8 Å². The standard InChI is InChI=1S/C8H19NO3S/c1-3-8(4-2)7-13(11,12)9-5-6-10/h8-10H,3-7H2,1-2H3. The lowest BCUT2D eigenvalue weighted by Gasteiger charge is -2.12. The minimum atomic E-state index is -3.18. The Morgan fingerprint density at radius 3 is 2.23 bits per heavy atom. The highest BCUT2D eigenvalue weighted by molar-refractivity contribution is 7.89. The lowest BCUT2D eigenvalue weighted by molar-refractivity contribution is 0.300. The van der Waals surface area contributed by atoms with Crippen LogP contribution in [-0.2, 0) is 10.0 Å². The summed E-state index contributed by atoms with van der Waals surface area (Å²) in [6, 6.07) is 0. The Hall–Kier alpha value is -0.130. The SMILES string of the molecule is CCC(CC)CS(=O)(=O)NCCO. The van der Waals surface area contributed by atoms with Gasteiger partial charge in [-0.15, -0.1) is 0 Å². The first-order chi connectivity index (χ1) is 6.05. The molecule has 5 heteroatoms. The number of hydrogen-bond acceptors (Lipinski definition) is 3. The lowest BCUT2D eigenvalue weighted by Crippen LogP contribution is -2.31. The van der Waals surface area contributed by atoms with E-state index < -0.39 is 10.0 Å². The maximum atomic E-state index is 11.3. The predicted octanol–water partition coefficient (Wildman–Crippen LogP) is 0.334. The van der Waals surface area contributed by atoms with Crippen molar-refractivity contribution in [2.45, 2.75) is 26.7 Å². The third kappa shape index (κ3) is 6.01. The molecule has 0 saturated carbocycles. The molecule has 13 heavy (non-hydrogen) atoms. The highest BCUT2D eigenvalue weighted by Crippen LogP contribution is 2.09. The summed E-state index contributed by atoms with van der Waals surface area (Å²) in [7, 11) is -3.18. The van der Waals surface area contributed by atoms with Gasteiger partial charge in [0.2, 0.25) is 10.0 Å². The smallest absolute Gasteiger partial charge is 0.211 e. The quantitative estimate of drug-likeness (QED) is 0.635. The monoisotopic (exact) mass is 209 g/mol. The van der Waals surface area contributed by atoms with E-state index in [-0.39, 0.29) is 24.8 Å². The normalized spacial score (nSPS) is 12.3. The van der Waals surface area contributed by atoms with Crippen LogP contribution in [0.4, 0.5) is 0 Å². The highest BCUT2D eigenvalue weighted by Gasteiger charge is 2.15. The van der Waals surface area contributed by atoms with E-state index in [2.05, 4.69) is 4.72 Å². The molecule has 0 aromatic carbocycles. The molecule has 0 amide bonds. The molecule has 4 nitrogen and oxygen atoms in total. The molecule has 0 fully saturated rings. The fourth-order valence-electron chi connectivity index (χ4n) is 1.09. The van der Waals surface area contributed by atoms with E-state index in [4.69, 9.17) is 5.11 Å². The Bertz CT molecular complexity index is 209. The van der Waals surface area contributed by atoms with Gasteiger partial charge in [0, 0.05) is 6.54 Å². The van der Waals surface area contributed by atoms with E-state index in [1.807, 2.05) is 13.8 Å². The van der Waals surface area contributed by atoms with Crippen molar-refractivity contribution >= 4 is 10.0 Å². The molecule has 0 atom stereocenters. The summed E-state index contributed by atoms with van der Waals surface area (Å²) < 4.78 is 24.9. The molecule has 0 aliphatic heterocycles. The second-order valence-electron chi connectivity index (χ2n) is 3.08. The molecule has 0 aliphatic carbocycles. The third-order valence-electron chi connectivity index (χ3n) is 2.04. The Kier molecular flexibility index (Phi) is 6.28. The van der Waals surface area contributed by atoms with Crippen molar-refractivity contribution in [2.24, 2.45) is 5.92 Å². The van der Waals surface area contributed by atoms with Crippen molar-refractivity contribution in [3.63, 3.8) is 0 Å². The third-order valence-corrected chi connectivity index (χ3v) is 3.60. The summed E-state index contributed by atoms with van der Waals surface area (Å²) in [5, 5.41) is 8.45. The van der Waals surface area contributed by atoms with Crippen molar-refractivity contribution < 1.29 is 13.5 Å². The van der Waals surface area contributed by atoms with Crippen LogP contribution in [0, 0.1) is 5.92 Å². The Labute approximate surface area is 80.4 Å². The van der Waals surface area contributed by atoms with Crippen molar-refractivity contribution in [3.8, 4) is 0 Å². The van der Waals surface area contributed by atoms with Crippen LogP contribution < -0.4 is 4.72 Å². The lowest BCUT2D eigenvalue weighted by atomic mass is 10.1. The van der Waals surface area contributed by atoms with Gasteiger partial charge < -0.3 is 5.11 Å². The molecule has 0 radical (unpaired) electrons. The summed E-state index contributed by atoms with van der Waals surface area (Å²) in [5.74, 6) is 0.385. The molecule has 0 unspecified atom stereocenters. The summed E-state index contributed by atoms with van der Waals surface area (Å²) in [6.45, 7) is 3.93. The predicted molar refractivity (Wildman–Crippen MR) is 52.9 cm³/mol. The fraction of sp³-hybridized carbons (Fsp3) is 1.00. The molecule has 0 saturated heterocycles. The molecule has 0 spiro atoms. The maximum absolute atomic E-state index is 11.3. The summed E-state index contributed by atoms with van der Waals surface area (Å²) in [4.78, 5) is 0. The molecule has 0 rings (SSSR count). The van der Waals surface area contributed by atoms with Gasteiger partial charge in [-0.05, 0) is 5.92 Å². The zero-order valence-electron chi connectivity index (χ0n) is 8.28. The van der Waals surface area contributed by atoms with E-state index in [1.165, 1.54) is 0 Å². The maximum Gasteiger partial charge on any atom is 0.211 e.